The fourth-order valence-electron chi connectivity index (χ4n) is 1.82. The van der Waals surface area contributed by atoms with Crippen LogP contribution in [0.25, 0.3) is 16.8 Å². The second-order valence-corrected chi connectivity index (χ2v) is 3.86. The molecule has 0 saturated carbocycles. The van der Waals surface area contributed by atoms with Crippen molar-refractivity contribution in [2.24, 2.45) is 0 Å². The first-order valence-corrected chi connectivity index (χ1v) is 5.84. The molecule has 0 aromatic carbocycles. The average molecular weight is 257 g/mol. The van der Waals surface area contributed by atoms with Crippen molar-refractivity contribution in [3.63, 3.8) is 0 Å². The van der Waals surface area contributed by atoms with Gasteiger partial charge in [0.15, 0.2) is 5.82 Å². The number of ether oxygens (including phenoxy) is 1. The lowest BCUT2D eigenvalue weighted by atomic mass is 10.3. The lowest BCUT2D eigenvalue weighted by molar-refractivity contribution is 0.0526. The Morgan fingerprint density at radius 2 is 2.37 bits per heavy atom. The number of hydrogen-bond acceptors (Lipinski definition) is 5. The minimum atomic E-state index is -0.395. The molecule has 0 fully saturated rings. The number of rotatable bonds is 3. The standard InChI is InChI=1S/C13H11N3O3/c1-2-18-13(17)9-7-15-16(8-9)12-10-4-6-19-11(10)3-5-14-12/h3-8H,2H2,1H3. The number of aromatic nitrogens is 3. The summed E-state index contributed by atoms with van der Waals surface area (Å²) in [6.45, 7) is 2.09. The van der Waals surface area contributed by atoms with E-state index in [9.17, 15) is 4.79 Å². The fraction of sp³-hybridized carbons (Fsp3) is 0.154. The Hall–Kier alpha value is -2.63. The van der Waals surface area contributed by atoms with Crippen LogP contribution in [0.2, 0.25) is 0 Å². The topological polar surface area (TPSA) is 70.2 Å². The summed E-state index contributed by atoms with van der Waals surface area (Å²) in [5, 5.41) is 4.97. The van der Waals surface area contributed by atoms with E-state index in [-0.39, 0.29) is 0 Å². The third-order valence-electron chi connectivity index (χ3n) is 2.67. The molecular weight excluding hydrogens is 246 g/mol. The summed E-state index contributed by atoms with van der Waals surface area (Å²) in [6, 6.07) is 3.58. The summed E-state index contributed by atoms with van der Waals surface area (Å²) in [7, 11) is 0. The van der Waals surface area contributed by atoms with Gasteiger partial charge >= 0.3 is 5.97 Å². The highest BCUT2D eigenvalue weighted by Crippen LogP contribution is 2.20. The summed E-state index contributed by atoms with van der Waals surface area (Å²) in [6.07, 6.45) is 6.27. The largest absolute Gasteiger partial charge is 0.464 e. The predicted molar refractivity (Wildman–Crippen MR) is 67.1 cm³/mol. The van der Waals surface area contributed by atoms with Gasteiger partial charge < -0.3 is 9.15 Å². The van der Waals surface area contributed by atoms with Gasteiger partial charge in [-0.1, -0.05) is 0 Å². The van der Waals surface area contributed by atoms with E-state index in [0.29, 0.717) is 18.0 Å². The Balaban J connectivity index is 2.03. The molecule has 0 atom stereocenters. The van der Waals surface area contributed by atoms with Crippen molar-refractivity contribution in [2.45, 2.75) is 6.92 Å². The Morgan fingerprint density at radius 1 is 1.47 bits per heavy atom. The fourth-order valence-corrected chi connectivity index (χ4v) is 1.82. The molecule has 3 heterocycles. The number of fused-ring (bicyclic) bond motifs is 1. The van der Waals surface area contributed by atoms with Crippen LogP contribution in [0.4, 0.5) is 0 Å². The molecule has 19 heavy (non-hydrogen) atoms. The normalized spacial score (nSPS) is 10.8. The van der Waals surface area contributed by atoms with E-state index >= 15 is 0 Å². The minimum absolute atomic E-state index is 0.333. The van der Waals surface area contributed by atoms with Crippen molar-refractivity contribution in [1.29, 1.82) is 0 Å². The number of carbonyl (C=O) groups excluding carboxylic acids is 1. The molecule has 0 bridgehead atoms. The van der Waals surface area contributed by atoms with E-state index < -0.39 is 5.97 Å². The van der Waals surface area contributed by atoms with Crippen molar-refractivity contribution in [2.75, 3.05) is 6.61 Å². The predicted octanol–water partition coefficient (Wildman–Crippen LogP) is 2.19. The molecule has 3 aromatic rings. The van der Waals surface area contributed by atoms with Gasteiger partial charge in [-0.05, 0) is 19.1 Å². The number of pyridine rings is 1. The van der Waals surface area contributed by atoms with Crippen LogP contribution in [0, 0.1) is 0 Å². The molecule has 0 aliphatic rings. The first kappa shape index (κ1) is 11.5. The van der Waals surface area contributed by atoms with Gasteiger partial charge in [-0.15, -0.1) is 0 Å². The lowest BCUT2D eigenvalue weighted by Crippen LogP contribution is -2.03. The second-order valence-electron chi connectivity index (χ2n) is 3.86. The smallest absolute Gasteiger partial charge is 0.341 e. The monoisotopic (exact) mass is 257 g/mol. The molecule has 3 aromatic heterocycles. The minimum Gasteiger partial charge on any atom is -0.464 e. The van der Waals surface area contributed by atoms with Gasteiger partial charge in [0.05, 0.1) is 30.0 Å². The number of nitrogens with zero attached hydrogens (tertiary/aromatic N) is 3. The van der Waals surface area contributed by atoms with Crippen molar-refractivity contribution >= 4 is 16.9 Å². The Labute approximate surface area is 108 Å². The van der Waals surface area contributed by atoms with E-state index in [2.05, 4.69) is 10.1 Å². The number of carbonyl (C=O) groups is 1. The quantitative estimate of drug-likeness (QED) is 0.672. The van der Waals surface area contributed by atoms with Crippen LogP contribution >= 0.6 is 0 Å². The molecule has 6 heteroatoms. The van der Waals surface area contributed by atoms with E-state index in [0.717, 1.165) is 11.0 Å². The number of furan rings is 1. The highest BCUT2D eigenvalue weighted by Gasteiger charge is 2.13. The van der Waals surface area contributed by atoms with Gasteiger partial charge in [0, 0.05) is 12.4 Å². The van der Waals surface area contributed by atoms with Gasteiger partial charge in [0.1, 0.15) is 5.58 Å². The van der Waals surface area contributed by atoms with Crippen LogP contribution in [-0.4, -0.2) is 27.3 Å². The van der Waals surface area contributed by atoms with Crippen LogP contribution in [0.3, 0.4) is 0 Å². The molecular formula is C13H11N3O3. The van der Waals surface area contributed by atoms with Crippen LogP contribution in [0.5, 0.6) is 0 Å². The first-order valence-electron chi connectivity index (χ1n) is 5.84. The van der Waals surface area contributed by atoms with Crippen LogP contribution in [0.1, 0.15) is 17.3 Å². The maximum Gasteiger partial charge on any atom is 0.341 e. The molecule has 0 radical (unpaired) electrons. The van der Waals surface area contributed by atoms with Crippen LogP contribution in [-0.2, 0) is 4.74 Å². The summed E-state index contributed by atoms with van der Waals surface area (Å²) in [4.78, 5) is 15.8. The molecule has 96 valence electrons. The summed E-state index contributed by atoms with van der Waals surface area (Å²) in [5.74, 6) is 0.218. The number of hydrogen-bond donors (Lipinski definition) is 0. The van der Waals surface area contributed by atoms with Gasteiger partial charge in [-0.25, -0.2) is 14.5 Å². The zero-order valence-electron chi connectivity index (χ0n) is 10.2. The molecule has 6 nitrogen and oxygen atoms in total. The molecule has 0 saturated heterocycles. The van der Waals surface area contributed by atoms with Crippen LogP contribution in [0.15, 0.2) is 41.4 Å². The maximum absolute atomic E-state index is 11.6. The van der Waals surface area contributed by atoms with E-state index in [1.807, 2.05) is 6.07 Å². The molecule has 0 spiro atoms. The molecule has 0 N–H and O–H groups in total. The van der Waals surface area contributed by atoms with E-state index in [1.54, 1.807) is 31.6 Å². The molecule has 0 aliphatic heterocycles. The van der Waals surface area contributed by atoms with E-state index in [1.165, 1.54) is 10.9 Å². The zero-order chi connectivity index (χ0) is 13.2. The third kappa shape index (κ3) is 1.97. The average Bonchev–Trinajstić information content (AvgIpc) is 3.07. The summed E-state index contributed by atoms with van der Waals surface area (Å²) < 4.78 is 11.8. The summed E-state index contributed by atoms with van der Waals surface area (Å²) >= 11 is 0. The molecule has 0 amide bonds. The zero-order valence-corrected chi connectivity index (χ0v) is 10.2. The van der Waals surface area contributed by atoms with Crippen molar-refractivity contribution in [3.8, 4) is 5.82 Å². The van der Waals surface area contributed by atoms with Gasteiger partial charge in [0.2, 0.25) is 0 Å². The lowest BCUT2D eigenvalue weighted by Gasteiger charge is -2.00. The van der Waals surface area contributed by atoms with Gasteiger partial charge in [-0.2, -0.15) is 5.10 Å². The Kier molecular flexibility index (Phi) is 2.75. The van der Waals surface area contributed by atoms with E-state index in [4.69, 9.17) is 9.15 Å². The Morgan fingerprint density at radius 3 is 3.21 bits per heavy atom. The maximum atomic E-state index is 11.6. The second kappa shape index (κ2) is 4.56. The highest BCUT2D eigenvalue weighted by molar-refractivity contribution is 5.89. The third-order valence-corrected chi connectivity index (χ3v) is 2.67. The van der Waals surface area contributed by atoms with Gasteiger partial charge in [0.25, 0.3) is 0 Å². The number of esters is 1. The van der Waals surface area contributed by atoms with Gasteiger partial charge in [-0.3, -0.25) is 0 Å². The van der Waals surface area contributed by atoms with Crippen molar-refractivity contribution in [1.82, 2.24) is 14.8 Å². The Bertz CT molecular complexity index is 729. The SMILES string of the molecule is CCOC(=O)c1cnn(-c2nccc3occc23)c1. The van der Waals surface area contributed by atoms with Crippen molar-refractivity contribution < 1.29 is 13.9 Å². The summed E-state index contributed by atoms with van der Waals surface area (Å²) in [5.41, 5.74) is 1.11. The molecule has 3 rings (SSSR count). The molecule has 0 aliphatic carbocycles. The molecule has 0 unspecified atom stereocenters. The van der Waals surface area contributed by atoms with Crippen molar-refractivity contribution in [3.05, 3.63) is 42.5 Å². The highest BCUT2D eigenvalue weighted by atomic mass is 16.5. The first-order chi connectivity index (χ1) is 9.29. The van der Waals surface area contributed by atoms with Crippen LogP contribution < -0.4 is 0 Å².